The third-order valence-corrected chi connectivity index (χ3v) is 2.62. The van der Waals surface area contributed by atoms with Gasteiger partial charge < -0.3 is 11.1 Å². The molecule has 0 radical (unpaired) electrons. The Morgan fingerprint density at radius 1 is 1.80 bits per heavy atom. The Hall–Kier alpha value is -1.09. The fraction of sp³-hybridized carbons (Fsp3) is 0.417. The Morgan fingerprint density at radius 3 is 3.13 bits per heavy atom. The zero-order valence-corrected chi connectivity index (χ0v) is 9.94. The fourth-order valence-electron chi connectivity index (χ4n) is 1.92. The van der Waals surface area contributed by atoms with E-state index in [0.29, 0.717) is 11.0 Å². The molecule has 1 atom stereocenters. The maximum atomic E-state index is 5.39. The minimum atomic E-state index is 0.301. The number of thiocarbonyl (C=S) groups is 1. The molecule has 0 spiro atoms. The highest BCUT2D eigenvalue weighted by atomic mass is 32.1. The summed E-state index contributed by atoms with van der Waals surface area (Å²) in [4.78, 5) is 0. The maximum absolute atomic E-state index is 5.39. The van der Waals surface area contributed by atoms with Crippen molar-refractivity contribution in [1.29, 1.82) is 0 Å². The third-order valence-electron chi connectivity index (χ3n) is 2.52. The summed E-state index contributed by atoms with van der Waals surface area (Å²) >= 11 is 4.77. The van der Waals surface area contributed by atoms with Crippen LogP contribution in [0.15, 0.2) is 36.1 Å². The number of allylic oxidation sites excluding steroid dienone is 5. The van der Waals surface area contributed by atoms with E-state index >= 15 is 0 Å². The minimum absolute atomic E-state index is 0.301. The van der Waals surface area contributed by atoms with Crippen LogP contribution in [0.1, 0.15) is 26.2 Å². The van der Waals surface area contributed by atoms with E-state index in [2.05, 4.69) is 30.1 Å². The lowest BCUT2D eigenvalue weighted by atomic mass is 9.96. The summed E-state index contributed by atoms with van der Waals surface area (Å²) in [6, 6.07) is 0. The van der Waals surface area contributed by atoms with Gasteiger partial charge in [0.1, 0.15) is 0 Å². The van der Waals surface area contributed by atoms with E-state index in [-0.39, 0.29) is 0 Å². The van der Waals surface area contributed by atoms with Crippen molar-refractivity contribution >= 4 is 17.3 Å². The van der Waals surface area contributed by atoms with E-state index in [1.807, 2.05) is 6.92 Å². The highest BCUT2D eigenvalue weighted by molar-refractivity contribution is 7.80. The Labute approximate surface area is 96.9 Å². The van der Waals surface area contributed by atoms with Crippen molar-refractivity contribution in [3.8, 4) is 0 Å². The van der Waals surface area contributed by atoms with E-state index < -0.39 is 0 Å². The first-order valence-corrected chi connectivity index (χ1v) is 5.61. The molecular weight excluding hydrogens is 204 g/mol. The molecule has 82 valence electrons. The molecule has 0 aromatic heterocycles. The normalized spacial score (nSPS) is 20.3. The molecule has 0 heterocycles. The summed E-state index contributed by atoms with van der Waals surface area (Å²) in [6.07, 6.45) is 9.80. The molecule has 1 aliphatic rings. The van der Waals surface area contributed by atoms with Gasteiger partial charge in [-0.15, -0.1) is 0 Å². The van der Waals surface area contributed by atoms with Crippen molar-refractivity contribution in [2.45, 2.75) is 26.2 Å². The smallest absolute Gasteiger partial charge is 0.167 e. The molecular formula is C12H18N2S. The van der Waals surface area contributed by atoms with Gasteiger partial charge in [-0.3, -0.25) is 0 Å². The summed E-state index contributed by atoms with van der Waals surface area (Å²) < 4.78 is 0. The zero-order valence-electron chi connectivity index (χ0n) is 9.12. The first-order chi connectivity index (χ1) is 7.13. The summed E-state index contributed by atoms with van der Waals surface area (Å²) in [5.41, 5.74) is 7.70. The van der Waals surface area contributed by atoms with Gasteiger partial charge in [0.05, 0.1) is 0 Å². The predicted octanol–water partition coefficient (Wildman–Crippen LogP) is 2.64. The van der Waals surface area contributed by atoms with Crippen LogP contribution in [0.4, 0.5) is 0 Å². The van der Waals surface area contributed by atoms with Crippen LogP contribution in [0.2, 0.25) is 0 Å². The molecule has 0 saturated heterocycles. The van der Waals surface area contributed by atoms with Crippen LogP contribution in [0.5, 0.6) is 0 Å². The van der Waals surface area contributed by atoms with E-state index in [1.165, 1.54) is 12.0 Å². The van der Waals surface area contributed by atoms with Crippen LogP contribution in [-0.2, 0) is 0 Å². The Balaban J connectivity index is 2.48. The van der Waals surface area contributed by atoms with E-state index in [1.54, 1.807) is 0 Å². The standard InChI is InChI=1S/C12H18N2S/c1-3-5-10-6-4-7-11(10)8-9(2)14-12(13)15/h3,5-6,11H,2,4,7-8H2,1H3,(H3,13,14,15)/b5-3+. The second-order valence-electron chi connectivity index (χ2n) is 3.78. The van der Waals surface area contributed by atoms with Crippen LogP contribution in [0.25, 0.3) is 0 Å². The van der Waals surface area contributed by atoms with Gasteiger partial charge in [-0.2, -0.15) is 0 Å². The molecule has 0 saturated carbocycles. The quantitative estimate of drug-likeness (QED) is 0.718. The van der Waals surface area contributed by atoms with Gasteiger partial charge in [-0.25, -0.2) is 0 Å². The second kappa shape index (κ2) is 5.71. The molecule has 0 aromatic rings. The summed E-state index contributed by atoms with van der Waals surface area (Å²) in [6.45, 7) is 5.96. The Kier molecular flexibility index (Phi) is 4.56. The molecule has 1 unspecified atom stereocenters. The Bertz CT molecular complexity index is 316. The SMILES string of the molecule is C=C(CC1CCC=C1/C=C/C)NC(N)=S. The van der Waals surface area contributed by atoms with Crippen LogP contribution < -0.4 is 11.1 Å². The molecule has 0 aliphatic heterocycles. The van der Waals surface area contributed by atoms with Gasteiger partial charge in [0.25, 0.3) is 0 Å². The Morgan fingerprint density at radius 2 is 2.53 bits per heavy atom. The molecule has 0 bridgehead atoms. The zero-order chi connectivity index (χ0) is 11.3. The van der Waals surface area contributed by atoms with Crippen molar-refractivity contribution in [3.63, 3.8) is 0 Å². The van der Waals surface area contributed by atoms with Gasteiger partial charge >= 0.3 is 0 Å². The van der Waals surface area contributed by atoms with E-state index in [9.17, 15) is 0 Å². The van der Waals surface area contributed by atoms with E-state index in [4.69, 9.17) is 18.0 Å². The molecule has 1 rings (SSSR count). The average molecular weight is 222 g/mol. The van der Waals surface area contributed by atoms with Crippen molar-refractivity contribution in [2.24, 2.45) is 11.7 Å². The van der Waals surface area contributed by atoms with Crippen molar-refractivity contribution < 1.29 is 0 Å². The first-order valence-electron chi connectivity index (χ1n) is 5.20. The summed E-state index contributed by atoms with van der Waals surface area (Å²) in [5, 5.41) is 3.20. The fourth-order valence-corrected chi connectivity index (χ4v) is 2.07. The van der Waals surface area contributed by atoms with Gasteiger partial charge in [0, 0.05) is 5.70 Å². The van der Waals surface area contributed by atoms with Crippen LogP contribution >= 0.6 is 12.2 Å². The number of nitrogens with two attached hydrogens (primary N) is 1. The van der Waals surface area contributed by atoms with Gasteiger partial charge in [0.15, 0.2) is 5.11 Å². The van der Waals surface area contributed by atoms with Crippen molar-refractivity contribution in [2.75, 3.05) is 0 Å². The van der Waals surface area contributed by atoms with Gasteiger partial charge in [-0.1, -0.05) is 24.8 Å². The van der Waals surface area contributed by atoms with Crippen LogP contribution in [-0.4, -0.2) is 5.11 Å². The summed E-state index contributed by atoms with van der Waals surface area (Å²) in [7, 11) is 0. The lowest BCUT2D eigenvalue weighted by Gasteiger charge is -2.15. The number of nitrogens with one attached hydrogen (secondary N) is 1. The van der Waals surface area contributed by atoms with Crippen molar-refractivity contribution in [3.05, 3.63) is 36.1 Å². The second-order valence-corrected chi connectivity index (χ2v) is 4.22. The van der Waals surface area contributed by atoms with Crippen LogP contribution in [0.3, 0.4) is 0 Å². The highest BCUT2D eigenvalue weighted by Crippen LogP contribution is 2.31. The van der Waals surface area contributed by atoms with Gasteiger partial charge in [0.2, 0.25) is 0 Å². The van der Waals surface area contributed by atoms with E-state index in [0.717, 1.165) is 18.5 Å². The van der Waals surface area contributed by atoms with Crippen LogP contribution in [0, 0.1) is 5.92 Å². The average Bonchev–Trinajstić information content (AvgIpc) is 2.52. The molecule has 0 aromatic carbocycles. The highest BCUT2D eigenvalue weighted by Gasteiger charge is 2.17. The topological polar surface area (TPSA) is 38.0 Å². The molecule has 15 heavy (non-hydrogen) atoms. The molecule has 3 heteroatoms. The number of hydrogen-bond acceptors (Lipinski definition) is 1. The largest absolute Gasteiger partial charge is 0.376 e. The molecule has 0 amide bonds. The number of rotatable bonds is 4. The summed E-state index contributed by atoms with van der Waals surface area (Å²) in [5.74, 6) is 0.565. The minimum Gasteiger partial charge on any atom is -0.376 e. The lowest BCUT2D eigenvalue weighted by Crippen LogP contribution is -2.28. The van der Waals surface area contributed by atoms with Gasteiger partial charge in [-0.05, 0) is 49.9 Å². The molecule has 0 fully saturated rings. The lowest BCUT2D eigenvalue weighted by molar-refractivity contribution is 0.598. The molecule has 1 aliphatic carbocycles. The maximum Gasteiger partial charge on any atom is 0.167 e. The predicted molar refractivity (Wildman–Crippen MR) is 69.3 cm³/mol. The first kappa shape index (κ1) is 12.0. The number of hydrogen-bond donors (Lipinski definition) is 2. The van der Waals surface area contributed by atoms with Crippen molar-refractivity contribution in [1.82, 2.24) is 5.32 Å². The monoisotopic (exact) mass is 222 g/mol. The molecule has 2 nitrogen and oxygen atoms in total. The molecule has 3 N–H and O–H groups in total. The third kappa shape index (κ3) is 3.88.